The summed E-state index contributed by atoms with van der Waals surface area (Å²) in [4.78, 5) is 3.97. The van der Waals surface area contributed by atoms with E-state index in [1.807, 2.05) is 0 Å². The maximum Gasteiger partial charge on any atom is 0.149 e. The molecule has 0 saturated carbocycles. The summed E-state index contributed by atoms with van der Waals surface area (Å²) in [5.41, 5.74) is 1.74. The highest BCUT2D eigenvalue weighted by atomic mass is 19.1. The molecule has 0 radical (unpaired) electrons. The van der Waals surface area contributed by atoms with Gasteiger partial charge in [0, 0.05) is 11.8 Å². The first-order chi connectivity index (χ1) is 7.31. The molecule has 2 nitrogen and oxygen atoms in total. The molecule has 0 aliphatic heterocycles. The van der Waals surface area contributed by atoms with Crippen LogP contribution in [0.3, 0.4) is 0 Å². The van der Waals surface area contributed by atoms with Crippen LogP contribution in [-0.2, 0) is 6.61 Å². The van der Waals surface area contributed by atoms with Crippen molar-refractivity contribution < 1.29 is 9.50 Å². The van der Waals surface area contributed by atoms with Crippen LogP contribution in [0.4, 0.5) is 4.39 Å². The molecule has 0 aliphatic rings. The summed E-state index contributed by atoms with van der Waals surface area (Å²) in [6.45, 7) is -0.0533. The number of benzene rings is 1. The third-order valence-corrected chi connectivity index (χ3v) is 2.14. The second-order valence-electron chi connectivity index (χ2n) is 3.19. The molecular weight excluding hydrogens is 193 g/mol. The second-order valence-corrected chi connectivity index (χ2v) is 3.19. The van der Waals surface area contributed by atoms with Gasteiger partial charge in [0.1, 0.15) is 11.5 Å². The zero-order chi connectivity index (χ0) is 10.7. The van der Waals surface area contributed by atoms with Crippen molar-refractivity contribution in [3.8, 4) is 11.3 Å². The van der Waals surface area contributed by atoms with Gasteiger partial charge in [0.2, 0.25) is 0 Å². The summed E-state index contributed by atoms with van der Waals surface area (Å²) < 4.78 is 13.4. The van der Waals surface area contributed by atoms with Crippen LogP contribution in [0.1, 0.15) is 5.56 Å². The van der Waals surface area contributed by atoms with E-state index in [0.717, 1.165) is 5.56 Å². The molecule has 3 heteroatoms. The Morgan fingerprint density at radius 3 is 2.80 bits per heavy atom. The largest absolute Gasteiger partial charge is 0.392 e. The van der Waals surface area contributed by atoms with Crippen LogP contribution in [0.5, 0.6) is 0 Å². The van der Waals surface area contributed by atoms with E-state index in [0.29, 0.717) is 11.3 Å². The number of pyridine rings is 1. The second kappa shape index (κ2) is 4.19. The van der Waals surface area contributed by atoms with Gasteiger partial charge in [-0.2, -0.15) is 0 Å². The average molecular weight is 203 g/mol. The molecule has 1 heterocycles. The molecule has 1 aromatic carbocycles. The highest BCUT2D eigenvalue weighted by Crippen LogP contribution is 2.20. The minimum absolute atomic E-state index is 0.0533. The molecule has 0 aliphatic carbocycles. The minimum atomic E-state index is -0.354. The minimum Gasteiger partial charge on any atom is -0.392 e. The Morgan fingerprint density at radius 1 is 1.20 bits per heavy atom. The van der Waals surface area contributed by atoms with Crippen molar-refractivity contribution in [3.63, 3.8) is 0 Å². The summed E-state index contributed by atoms with van der Waals surface area (Å²) in [7, 11) is 0. The monoisotopic (exact) mass is 203 g/mol. The number of hydrogen-bond acceptors (Lipinski definition) is 2. The number of aliphatic hydroxyl groups is 1. The Kier molecular flexibility index (Phi) is 2.74. The van der Waals surface area contributed by atoms with Crippen molar-refractivity contribution in [1.29, 1.82) is 0 Å². The molecule has 2 aromatic rings. The Bertz CT molecular complexity index is 471. The van der Waals surface area contributed by atoms with Crippen LogP contribution in [0.2, 0.25) is 0 Å². The van der Waals surface area contributed by atoms with Crippen molar-refractivity contribution in [2.75, 3.05) is 0 Å². The van der Waals surface area contributed by atoms with Crippen LogP contribution < -0.4 is 0 Å². The number of aliphatic hydroxyl groups excluding tert-OH is 1. The molecule has 0 spiro atoms. The van der Waals surface area contributed by atoms with E-state index in [9.17, 15) is 4.39 Å². The average Bonchev–Trinajstić information content (AvgIpc) is 2.30. The molecule has 15 heavy (non-hydrogen) atoms. The predicted molar refractivity (Wildman–Crippen MR) is 55.6 cm³/mol. The predicted octanol–water partition coefficient (Wildman–Crippen LogP) is 2.38. The van der Waals surface area contributed by atoms with Crippen molar-refractivity contribution in [2.24, 2.45) is 0 Å². The van der Waals surface area contributed by atoms with Gasteiger partial charge in [-0.25, -0.2) is 4.39 Å². The number of rotatable bonds is 2. The summed E-state index contributed by atoms with van der Waals surface area (Å²) in [5, 5.41) is 8.96. The van der Waals surface area contributed by atoms with E-state index in [-0.39, 0.29) is 12.4 Å². The lowest BCUT2D eigenvalue weighted by Gasteiger charge is -2.03. The van der Waals surface area contributed by atoms with Crippen molar-refractivity contribution in [2.45, 2.75) is 6.61 Å². The first-order valence-electron chi connectivity index (χ1n) is 4.62. The van der Waals surface area contributed by atoms with E-state index in [1.54, 1.807) is 36.5 Å². The van der Waals surface area contributed by atoms with Gasteiger partial charge in [-0.15, -0.1) is 0 Å². The van der Waals surface area contributed by atoms with E-state index < -0.39 is 0 Å². The molecule has 0 saturated heterocycles. The van der Waals surface area contributed by atoms with Crippen molar-refractivity contribution in [1.82, 2.24) is 4.98 Å². The smallest absolute Gasteiger partial charge is 0.149 e. The number of aromatic nitrogens is 1. The Balaban J connectivity index is 2.49. The van der Waals surface area contributed by atoms with Crippen LogP contribution in [0.15, 0.2) is 42.6 Å². The molecule has 1 aromatic heterocycles. The molecule has 76 valence electrons. The van der Waals surface area contributed by atoms with Crippen LogP contribution >= 0.6 is 0 Å². The fourth-order valence-electron chi connectivity index (χ4n) is 1.42. The lowest BCUT2D eigenvalue weighted by molar-refractivity contribution is 0.282. The first kappa shape index (κ1) is 9.80. The molecule has 2 rings (SSSR count). The maximum absolute atomic E-state index is 13.4. The van der Waals surface area contributed by atoms with Gasteiger partial charge >= 0.3 is 0 Å². The van der Waals surface area contributed by atoms with Gasteiger partial charge in [0.25, 0.3) is 0 Å². The van der Waals surface area contributed by atoms with E-state index in [4.69, 9.17) is 5.11 Å². The van der Waals surface area contributed by atoms with Gasteiger partial charge in [-0.3, -0.25) is 4.98 Å². The standard InChI is InChI=1S/C12H10FNO/c13-11-5-2-6-14-12(11)10-4-1-3-9(7-10)8-15/h1-7,15H,8H2. The summed E-state index contributed by atoms with van der Waals surface area (Å²) >= 11 is 0. The summed E-state index contributed by atoms with van der Waals surface area (Å²) in [5.74, 6) is -0.354. The summed E-state index contributed by atoms with van der Waals surface area (Å²) in [6.07, 6.45) is 1.55. The topological polar surface area (TPSA) is 33.1 Å². The SMILES string of the molecule is OCc1cccc(-c2ncccc2F)c1. The number of nitrogens with zero attached hydrogens (tertiary/aromatic N) is 1. The van der Waals surface area contributed by atoms with Gasteiger partial charge in [-0.1, -0.05) is 18.2 Å². The molecule has 0 amide bonds. The van der Waals surface area contributed by atoms with Crippen molar-refractivity contribution in [3.05, 3.63) is 54.0 Å². The highest BCUT2D eigenvalue weighted by Gasteiger charge is 2.05. The van der Waals surface area contributed by atoms with Gasteiger partial charge < -0.3 is 5.11 Å². The lowest BCUT2D eigenvalue weighted by Crippen LogP contribution is -1.90. The maximum atomic E-state index is 13.4. The lowest BCUT2D eigenvalue weighted by atomic mass is 10.1. The van der Waals surface area contributed by atoms with E-state index in [2.05, 4.69) is 4.98 Å². The highest BCUT2D eigenvalue weighted by molar-refractivity contribution is 5.60. The molecule has 0 atom stereocenters. The van der Waals surface area contributed by atoms with Gasteiger partial charge in [0.15, 0.2) is 0 Å². The third kappa shape index (κ3) is 2.02. The van der Waals surface area contributed by atoms with E-state index in [1.165, 1.54) is 6.07 Å². The van der Waals surface area contributed by atoms with Gasteiger partial charge in [-0.05, 0) is 23.8 Å². The molecule has 0 bridgehead atoms. The summed E-state index contributed by atoms with van der Waals surface area (Å²) in [6, 6.07) is 9.97. The zero-order valence-electron chi connectivity index (χ0n) is 8.02. The van der Waals surface area contributed by atoms with E-state index >= 15 is 0 Å². The Morgan fingerprint density at radius 2 is 2.07 bits per heavy atom. The third-order valence-electron chi connectivity index (χ3n) is 2.14. The normalized spacial score (nSPS) is 10.3. The fraction of sp³-hybridized carbons (Fsp3) is 0.0833. The van der Waals surface area contributed by atoms with Crippen molar-refractivity contribution >= 4 is 0 Å². The van der Waals surface area contributed by atoms with Crippen LogP contribution in [-0.4, -0.2) is 10.1 Å². The fourth-order valence-corrected chi connectivity index (χ4v) is 1.42. The molecule has 1 N–H and O–H groups in total. The quantitative estimate of drug-likeness (QED) is 0.812. The Labute approximate surface area is 87.0 Å². The van der Waals surface area contributed by atoms with Crippen LogP contribution in [0, 0.1) is 5.82 Å². The van der Waals surface area contributed by atoms with Crippen LogP contribution in [0.25, 0.3) is 11.3 Å². The Hall–Kier alpha value is -1.74. The molecule has 0 unspecified atom stereocenters. The number of hydrogen-bond donors (Lipinski definition) is 1. The molecular formula is C12H10FNO. The van der Waals surface area contributed by atoms with Gasteiger partial charge in [0.05, 0.1) is 6.61 Å². The molecule has 0 fully saturated rings. The zero-order valence-corrected chi connectivity index (χ0v) is 8.02. The first-order valence-corrected chi connectivity index (χ1v) is 4.62. The number of halogens is 1.